The third kappa shape index (κ3) is 3.26. The van der Waals surface area contributed by atoms with Gasteiger partial charge in [-0.25, -0.2) is 0 Å². The minimum absolute atomic E-state index is 0.0682. The molecule has 0 N–H and O–H groups in total. The number of anilines is 2. The van der Waals surface area contributed by atoms with Gasteiger partial charge in [-0.15, -0.1) is 11.8 Å². The molecule has 8 heteroatoms. The van der Waals surface area contributed by atoms with Crippen LogP contribution in [0.5, 0.6) is 0 Å². The number of carbonyl (C=O) groups is 2. The number of ether oxygens (including phenoxy) is 1. The third-order valence-corrected chi connectivity index (χ3v) is 7.83. The largest absolute Gasteiger partial charge is 0.379 e. The molecule has 2 aromatic carbocycles. The summed E-state index contributed by atoms with van der Waals surface area (Å²) in [6.07, 6.45) is 0. The summed E-state index contributed by atoms with van der Waals surface area (Å²) < 4.78 is 5.47. The van der Waals surface area contributed by atoms with Gasteiger partial charge in [0.2, 0.25) is 10.8 Å². The van der Waals surface area contributed by atoms with Gasteiger partial charge in [-0.2, -0.15) is 0 Å². The highest BCUT2D eigenvalue weighted by Crippen LogP contribution is 2.58. The molecule has 3 heterocycles. The molecule has 6 nitrogen and oxygen atoms in total. The first-order valence-corrected chi connectivity index (χ1v) is 11.7. The van der Waals surface area contributed by atoms with Crippen LogP contribution in [0, 0.1) is 6.92 Å². The summed E-state index contributed by atoms with van der Waals surface area (Å²) in [5.41, 5.74) is 3.49. The van der Waals surface area contributed by atoms with Crippen LogP contribution in [0.25, 0.3) is 0 Å². The number of nitrogens with zero attached hydrogens (tertiary/aromatic N) is 3. The minimum Gasteiger partial charge on any atom is -0.379 e. The van der Waals surface area contributed by atoms with Crippen molar-refractivity contribution in [3.05, 3.63) is 58.6 Å². The van der Waals surface area contributed by atoms with E-state index < -0.39 is 4.87 Å². The lowest BCUT2D eigenvalue weighted by Crippen LogP contribution is -2.52. The van der Waals surface area contributed by atoms with Crippen LogP contribution in [0.1, 0.15) is 18.1 Å². The number of hydrogen-bond acceptors (Lipinski definition) is 5. The maximum atomic E-state index is 14.1. The fraction of sp³-hybridized carbons (Fsp3) is 0.391. The summed E-state index contributed by atoms with van der Waals surface area (Å²) in [6, 6.07) is 13.2. The number of amides is 2. The highest BCUT2D eigenvalue weighted by molar-refractivity contribution is 8.03. The fourth-order valence-corrected chi connectivity index (χ4v) is 6.22. The van der Waals surface area contributed by atoms with Crippen LogP contribution in [-0.4, -0.2) is 54.9 Å². The van der Waals surface area contributed by atoms with Crippen molar-refractivity contribution in [1.82, 2.24) is 4.90 Å². The monoisotopic (exact) mass is 457 g/mol. The Labute approximate surface area is 191 Å². The second-order valence-corrected chi connectivity index (χ2v) is 10.1. The van der Waals surface area contributed by atoms with E-state index in [2.05, 4.69) is 4.90 Å². The SMILES string of the molecule is Cc1ccc2c(c1)[C@]1(S[C@H](C)C(=O)N1c1ccc(Cl)cc1)C(=O)N2CN1CCOCC1. The quantitative estimate of drug-likeness (QED) is 0.704. The molecule has 2 atom stereocenters. The first-order chi connectivity index (χ1) is 14.9. The lowest BCUT2D eigenvalue weighted by atomic mass is 10.0. The Morgan fingerprint density at radius 2 is 1.84 bits per heavy atom. The summed E-state index contributed by atoms with van der Waals surface area (Å²) >= 11 is 7.52. The third-order valence-electron chi connectivity index (χ3n) is 6.10. The van der Waals surface area contributed by atoms with Crippen molar-refractivity contribution in [3.8, 4) is 0 Å². The molecular weight excluding hydrogens is 434 g/mol. The van der Waals surface area contributed by atoms with Gasteiger partial charge in [0, 0.05) is 29.4 Å². The van der Waals surface area contributed by atoms with Crippen molar-refractivity contribution in [3.63, 3.8) is 0 Å². The summed E-state index contributed by atoms with van der Waals surface area (Å²) in [6.45, 7) is 7.25. The molecule has 0 aliphatic carbocycles. The topological polar surface area (TPSA) is 53.1 Å². The molecule has 0 radical (unpaired) electrons. The molecule has 3 aliphatic heterocycles. The molecule has 0 bridgehead atoms. The summed E-state index contributed by atoms with van der Waals surface area (Å²) in [7, 11) is 0. The van der Waals surface area contributed by atoms with Crippen LogP contribution in [-0.2, 0) is 19.2 Å². The standard InChI is InChI=1S/C23H24ClN3O3S/c1-15-3-8-20-19(13-15)23(22(29)26(20)14-25-9-11-30-12-10-25)27(21(28)16(2)31-23)18-6-4-17(24)5-7-18/h3-8,13,16H,9-12,14H2,1-2H3/t16-,23+/m1/s1. The number of morpholine rings is 1. The molecule has 1 spiro atoms. The van der Waals surface area contributed by atoms with Gasteiger partial charge < -0.3 is 4.74 Å². The Morgan fingerprint density at radius 1 is 1.13 bits per heavy atom. The molecule has 3 aliphatic rings. The summed E-state index contributed by atoms with van der Waals surface area (Å²) in [4.78, 5) is 32.1. The maximum Gasteiger partial charge on any atom is 0.269 e. The van der Waals surface area contributed by atoms with Gasteiger partial charge in [-0.05, 0) is 44.2 Å². The van der Waals surface area contributed by atoms with E-state index in [0.717, 1.165) is 29.9 Å². The van der Waals surface area contributed by atoms with E-state index in [9.17, 15) is 9.59 Å². The Hall–Kier alpha value is -2.06. The average Bonchev–Trinajstić information content (AvgIpc) is 3.16. The van der Waals surface area contributed by atoms with Gasteiger partial charge >= 0.3 is 0 Å². The van der Waals surface area contributed by atoms with Gasteiger partial charge in [0.05, 0.1) is 30.8 Å². The highest BCUT2D eigenvalue weighted by Gasteiger charge is 2.63. The number of halogens is 1. The Bertz CT molecular complexity index is 1040. The van der Waals surface area contributed by atoms with Crippen molar-refractivity contribution >= 4 is 46.6 Å². The van der Waals surface area contributed by atoms with Crippen LogP contribution in [0.2, 0.25) is 5.02 Å². The van der Waals surface area contributed by atoms with Crippen LogP contribution >= 0.6 is 23.4 Å². The number of hydrogen-bond donors (Lipinski definition) is 0. The second kappa shape index (κ2) is 7.81. The number of rotatable bonds is 3. The van der Waals surface area contributed by atoms with Crippen LogP contribution in [0.15, 0.2) is 42.5 Å². The molecule has 2 aromatic rings. The molecule has 2 amide bonds. The van der Waals surface area contributed by atoms with Gasteiger partial charge in [-0.1, -0.05) is 29.3 Å². The molecule has 0 aromatic heterocycles. The highest BCUT2D eigenvalue weighted by atomic mass is 35.5. The van der Waals surface area contributed by atoms with Crippen molar-refractivity contribution in [2.45, 2.75) is 24.0 Å². The van der Waals surface area contributed by atoms with Crippen LogP contribution < -0.4 is 9.80 Å². The first-order valence-electron chi connectivity index (χ1n) is 10.4. The van der Waals surface area contributed by atoms with E-state index in [-0.39, 0.29) is 17.1 Å². The molecule has 162 valence electrons. The van der Waals surface area contributed by atoms with Crippen molar-refractivity contribution in [2.75, 3.05) is 42.8 Å². The lowest BCUT2D eigenvalue weighted by molar-refractivity contribution is -0.124. The smallest absolute Gasteiger partial charge is 0.269 e. The number of carbonyl (C=O) groups excluding carboxylic acids is 2. The minimum atomic E-state index is -1.11. The number of thioether (sulfide) groups is 1. The first kappa shape index (κ1) is 20.8. The normalized spacial score (nSPS) is 26.2. The van der Waals surface area contributed by atoms with E-state index in [1.165, 1.54) is 11.8 Å². The molecule has 0 saturated carbocycles. The summed E-state index contributed by atoms with van der Waals surface area (Å²) in [5, 5.41) is 0.254. The molecule has 0 unspecified atom stereocenters. The Morgan fingerprint density at radius 3 is 2.55 bits per heavy atom. The van der Waals surface area contributed by atoms with Crippen molar-refractivity contribution in [1.29, 1.82) is 0 Å². The zero-order valence-corrected chi connectivity index (χ0v) is 19.1. The van der Waals surface area contributed by atoms with Gasteiger partial charge in [0.15, 0.2) is 0 Å². The van der Waals surface area contributed by atoms with E-state index in [1.54, 1.807) is 17.0 Å². The number of aryl methyl sites for hydroxylation is 1. The van der Waals surface area contributed by atoms with E-state index >= 15 is 0 Å². The van der Waals surface area contributed by atoms with Gasteiger partial charge in [0.25, 0.3) is 5.91 Å². The second-order valence-electron chi connectivity index (χ2n) is 8.18. The molecule has 2 saturated heterocycles. The average molecular weight is 458 g/mol. The summed E-state index contributed by atoms with van der Waals surface area (Å²) in [5.74, 6) is -0.140. The zero-order valence-electron chi connectivity index (χ0n) is 17.5. The number of benzene rings is 2. The van der Waals surface area contributed by atoms with Crippen LogP contribution in [0.4, 0.5) is 11.4 Å². The van der Waals surface area contributed by atoms with E-state index in [1.807, 2.05) is 49.1 Å². The molecular formula is C23H24ClN3O3S. The van der Waals surface area contributed by atoms with Crippen LogP contribution in [0.3, 0.4) is 0 Å². The predicted octanol–water partition coefficient (Wildman–Crippen LogP) is 3.61. The maximum absolute atomic E-state index is 14.1. The molecule has 5 rings (SSSR count). The zero-order chi connectivity index (χ0) is 21.8. The Balaban J connectivity index is 1.64. The Kier molecular flexibility index (Phi) is 5.25. The fourth-order valence-electron chi connectivity index (χ4n) is 4.57. The van der Waals surface area contributed by atoms with Crippen molar-refractivity contribution < 1.29 is 14.3 Å². The lowest BCUT2D eigenvalue weighted by Gasteiger charge is -2.35. The van der Waals surface area contributed by atoms with Gasteiger partial charge in [-0.3, -0.25) is 24.3 Å². The predicted molar refractivity (Wildman–Crippen MR) is 124 cm³/mol. The van der Waals surface area contributed by atoms with E-state index in [4.69, 9.17) is 16.3 Å². The molecule has 2 fully saturated rings. The van der Waals surface area contributed by atoms with E-state index in [0.29, 0.717) is 30.6 Å². The number of fused-ring (bicyclic) bond motifs is 2. The van der Waals surface area contributed by atoms with Gasteiger partial charge in [0.1, 0.15) is 0 Å². The van der Waals surface area contributed by atoms with Crippen molar-refractivity contribution in [2.24, 2.45) is 0 Å². The molecule has 31 heavy (non-hydrogen) atoms.